The van der Waals surface area contributed by atoms with Gasteiger partial charge in [0.05, 0.1) is 12.2 Å². The third-order valence-electron chi connectivity index (χ3n) is 5.43. The molecule has 1 aliphatic rings. The van der Waals surface area contributed by atoms with E-state index in [1.807, 2.05) is 18.2 Å². The van der Waals surface area contributed by atoms with E-state index in [-0.39, 0.29) is 24.9 Å². The van der Waals surface area contributed by atoms with Gasteiger partial charge in [-0.25, -0.2) is 4.79 Å². The second kappa shape index (κ2) is 10.4. The summed E-state index contributed by atoms with van der Waals surface area (Å²) < 4.78 is 10.8. The van der Waals surface area contributed by atoms with Crippen LogP contribution in [-0.2, 0) is 22.4 Å². The Bertz CT molecular complexity index is 1150. The highest BCUT2D eigenvalue weighted by Gasteiger charge is 2.27. The van der Waals surface area contributed by atoms with Crippen LogP contribution in [0.5, 0.6) is 5.75 Å². The molecule has 2 aromatic carbocycles. The number of benzene rings is 2. The number of esters is 1. The molecule has 1 N–H and O–H groups in total. The summed E-state index contributed by atoms with van der Waals surface area (Å²) in [5.74, 6) is -0.353. The number of carbonyl (C=O) groups is 3. The molecule has 4 rings (SSSR count). The third kappa shape index (κ3) is 5.31. The lowest BCUT2D eigenvalue weighted by Crippen LogP contribution is -2.21. The van der Waals surface area contributed by atoms with E-state index in [4.69, 9.17) is 9.47 Å². The molecule has 33 heavy (non-hydrogen) atoms. The molecule has 6 nitrogen and oxygen atoms in total. The van der Waals surface area contributed by atoms with Gasteiger partial charge in [-0.15, -0.1) is 11.3 Å². The van der Waals surface area contributed by atoms with Crippen LogP contribution in [0.2, 0.25) is 0 Å². The number of anilines is 1. The summed E-state index contributed by atoms with van der Waals surface area (Å²) in [5, 5.41) is 3.35. The molecule has 0 saturated heterocycles. The molecule has 3 aromatic rings. The minimum absolute atomic E-state index is 0.0759. The molecule has 1 heterocycles. The van der Waals surface area contributed by atoms with E-state index in [1.165, 1.54) is 11.3 Å². The van der Waals surface area contributed by atoms with Crippen molar-refractivity contribution >= 4 is 34.0 Å². The normalized spacial score (nSPS) is 12.5. The first kappa shape index (κ1) is 22.7. The summed E-state index contributed by atoms with van der Waals surface area (Å²) in [5.41, 5.74) is 2.64. The van der Waals surface area contributed by atoms with Crippen LogP contribution in [0.1, 0.15) is 56.5 Å². The number of ketones is 1. The minimum atomic E-state index is -0.396. The SMILES string of the molecule is CCOC(=O)c1c(NC(=O)COc2ccc(C(=O)c3ccccc3)cc2)sc2c1CCCC2. The van der Waals surface area contributed by atoms with Gasteiger partial charge in [0, 0.05) is 16.0 Å². The molecule has 1 aromatic heterocycles. The van der Waals surface area contributed by atoms with Crippen molar-refractivity contribution in [1.82, 2.24) is 0 Å². The summed E-state index contributed by atoms with van der Waals surface area (Å²) in [6.45, 7) is 1.83. The largest absolute Gasteiger partial charge is 0.484 e. The molecule has 1 aliphatic carbocycles. The molecule has 0 atom stereocenters. The molecule has 0 fully saturated rings. The van der Waals surface area contributed by atoms with Gasteiger partial charge in [0.15, 0.2) is 12.4 Å². The van der Waals surface area contributed by atoms with Crippen molar-refractivity contribution in [3.8, 4) is 5.75 Å². The van der Waals surface area contributed by atoms with E-state index in [0.29, 0.717) is 27.4 Å². The number of rotatable bonds is 8. The Morgan fingerprint density at radius 3 is 2.36 bits per heavy atom. The van der Waals surface area contributed by atoms with E-state index < -0.39 is 5.97 Å². The quantitative estimate of drug-likeness (QED) is 0.373. The number of aryl methyl sites for hydroxylation is 1. The number of nitrogens with one attached hydrogen (secondary N) is 1. The smallest absolute Gasteiger partial charge is 0.341 e. The van der Waals surface area contributed by atoms with Gasteiger partial charge in [-0.2, -0.15) is 0 Å². The minimum Gasteiger partial charge on any atom is -0.484 e. The lowest BCUT2D eigenvalue weighted by molar-refractivity contribution is -0.118. The van der Waals surface area contributed by atoms with E-state index in [9.17, 15) is 14.4 Å². The number of ether oxygens (including phenoxy) is 2. The lowest BCUT2D eigenvalue weighted by atomic mass is 9.95. The summed E-state index contributed by atoms with van der Waals surface area (Å²) >= 11 is 1.44. The number of amides is 1. The second-order valence-electron chi connectivity index (χ2n) is 7.69. The fourth-order valence-corrected chi connectivity index (χ4v) is 5.14. The first-order chi connectivity index (χ1) is 16.1. The van der Waals surface area contributed by atoms with Gasteiger partial charge in [-0.1, -0.05) is 30.3 Å². The van der Waals surface area contributed by atoms with Gasteiger partial charge >= 0.3 is 5.97 Å². The molecule has 0 radical (unpaired) electrons. The predicted octanol–water partition coefficient (Wildman–Crippen LogP) is 5.05. The van der Waals surface area contributed by atoms with E-state index in [2.05, 4.69) is 5.32 Å². The number of thiophene rings is 1. The molecular formula is C26H25NO5S. The highest BCUT2D eigenvalue weighted by Crippen LogP contribution is 2.38. The van der Waals surface area contributed by atoms with Crippen LogP contribution in [0.25, 0.3) is 0 Å². The molecule has 0 saturated carbocycles. The van der Waals surface area contributed by atoms with Crippen molar-refractivity contribution in [1.29, 1.82) is 0 Å². The maximum atomic E-state index is 12.6. The van der Waals surface area contributed by atoms with Crippen molar-refractivity contribution in [2.24, 2.45) is 0 Å². The zero-order chi connectivity index (χ0) is 23.2. The maximum absolute atomic E-state index is 12.6. The van der Waals surface area contributed by atoms with Gasteiger partial charge < -0.3 is 14.8 Å². The molecule has 0 spiro atoms. The van der Waals surface area contributed by atoms with E-state index in [1.54, 1.807) is 43.3 Å². The highest BCUT2D eigenvalue weighted by molar-refractivity contribution is 7.17. The highest BCUT2D eigenvalue weighted by atomic mass is 32.1. The van der Waals surface area contributed by atoms with Crippen LogP contribution in [-0.4, -0.2) is 30.9 Å². The standard InChI is InChI=1S/C26H25NO5S/c1-2-31-26(30)23-20-10-6-7-11-21(20)33-25(23)27-22(28)16-32-19-14-12-18(13-15-19)24(29)17-8-4-3-5-9-17/h3-5,8-9,12-15H,2,6-7,10-11,16H2,1H3,(H,27,28). The van der Waals surface area contributed by atoms with E-state index >= 15 is 0 Å². The Morgan fingerprint density at radius 1 is 0.939 bits per heavy atom. The first-order valence-electron chi connectivity index (χ1n) is 11.0. The molecular weight excluding hydrogens is 438 g/mol. The number of carbonyl (C=O) groups excluding carboxylic acids is 3. The Morgan fingerprint density at radius 2 is 1.64 bits per heavy atom. The van der Waals surface area contributed by atoms with Crippen LogP contribution in [0.15, 0.2) is 54.6 Å². The zero-order valence-corrected chi connectivity index (χ0v) is 19.2. The third-order valence-corrected chi connectivity index (χ3v) is 6.63. The lowest BCUT2D eigenvalue weighted by Gasteiger charge is -2.12. The molecule has 0 aliphatic heterocycles. The van der Waals surface area contributed by atoms with Gasteiger partial charge in [-0.05, 0) is 62.4 Å². The van der Waals surface area contributed by atoms with Crippen LogP contribution < -0.4 is 10.1 Å². The number of hydrogen-bond acceptors (Lipinski definition) is 6. The summed E-state index contributed by atoms with van der Waals surface area (Å²) in [6, 6.07) is 15.7. The Kier molecular flexibility index (Phi) is 7.19. The summed E-state index contributed by atoms with van der Waals surface area (Å²) in [6.07, 6.45) is 3.83. The van der Waals surface area contributed by atoms with Crippen LogP contribution >= 0.6 is 11.3 Å². The van der Waals surface area contributed by atoms with Crippen molar-refractivity contribution in [3.63, 3.8) is 0 Å². The Balaban J connectivity index is 1.39. The second-order valence-corrected chi connectivity index (χ2v) is 8.80. The fourth-order valence-electron chi connectivity index (χ4n) is 3.84. The molecule has 0 bridgehead atoms. The Hall–Kier alpha value is -3.45. The van der Waals surface area contributed by atoms with Gasteiger partial charge in [-0.3, -0.25) is 9.59 Å². The fraction of sp³-hybridized carbons (Fsp3) is 0.269. The summed E-state index contributed by atoms with van der Waals surface area (Å²) in [7, 11) is 0. The summed E-state index contributed by atoms with van der Waals surface area (Å²) in [4.78, 5) is 38.7. The predicted molar refractivity (Wildman–Crippen MR) is 127 cm³/mol. The van der Waals surface area contributed by atoms with Gasteiger partial charge in [0.2, 0.25) is 0 Å². The van der Waals surface area contributed by atoms with Crippen molar-refractivity contribution in [2.45, 2.75) is 32.6 Å². The van der Waals surface area contributed by atoms with Crippen molar-refractivity contribution in [2.75, 3.05) is 18.5 Å². The molecule has 0 unspecified atom stereocenters. The number of hydrogen-bond donors (Lipinski definition) is 1. The van der Waals surface area contributed by atoms with Gasteiger partial charge in [0.1, 0.15) is 10.8 Å². The van der Waals surface area contributed by atoms with Crippen molar-refractivity contribution < 1.29 is 23.9 Å². The average molecular weight is 464 g/mol. The molecule has 170 valence electrons. The topological polar surface area (TPSA) is 81.7 Å². The maximum Gasteiger partial charge on any atom is 0.341 e. The van der Waals surface area contributed by atoms with Crippen LogP contribution in [0, 0.1) is 0 Å². The van der Waals surface area contributed by atoms with Crippen LogP contribution in [0.3, 0.4) is 0 Å². The van der Waals surface area contributed by atoms with E-state index in [0.717, 1.165) is 36.1 Å². The van der Waals surface area contributed by atoms with Crippen molar-refractivity contribution in [3.05, 3.63) is 81.7 Å². The first-order valence-corrected chi connectivity index (χ1v) is 11.8. The molecule has 1 amide bonds. The number of fused-ring (bicyclic) bond motifs is 1. The van der Waals surface area contributed by atoms with Gasteiger partial charge in [0.25, 0.3) is 5.91 Å². The molecule has 7 heteroatoms. The monoisotopic (exact) mass is 463 g/mol. The zero-order valence-electron chi connectivity index (χ0n) is 18.4. The average Bonchev–Trinajstić information content (AvgIpc) is 3.21. The Labute approximate surface area is 196 Å². The van der Waals surface area contributed by atoms with Crippen LogP contribution in [0.4, 0.5) is 5.00 Å².